The number of nitrogens with one attached hydrogen (secondary N) is 1. The Morgan fingerprint density at radius 3 is 2.25 bits per heavy atom. The number of carbonyl (C=O) groups is 1. The van der Waals surface area contributed by atoms with E-state index in [0.717, 1.165) is 0 Å². The maximum absolute atomic E-state index is 11.6. The number of amides is 1. The van der Waals surface area contributed by atoms with E-state index in [9.17, 15) is 4.79 Å². The topological polar surface area (TPSA) is 49.3 Å². The highest BCUT2D eigenvalue weighted by Crippen LogP contribution is 2.14. The lowest BCUT2D eigenvalue weighted by Gasteiger charge is -2.09. The van der Waals surface area contributed by atoms with Crippen LogP contribution in [0.2, 0.25) is 0 Å². The lowest BCUT2D eigenvalue weighted by atomic mass is 10.0. The molecule has 0 aromatic heterocycles. The van der Waals surface area contributed by atoms with Crippen LogP contribution in [-0.2, 0) is 0 Å². The molecule has 0 aliphatic heterocycles. The largest absolute Gasteiger partial charge is 0.392 e. The van der Waals surface area contributed by atoms with Crippen molar-refractivity contribution in [3.63, 3.8) is 0 Å². The Morgan fingerprint density at radius 1 is 1.25 bits per heavy atom. The molecule has 0 aliphatic carbocycles. The maximum Gasteiger partial charge on any atom is 0.251 e. The summed E-state index contributed by atoms with van der Waals surface area (Å²) in [5, 5.41) is 11.7. The van der Waals surface area contributed by atoms with Crippen LogP contribution in [0.3, 0.4) is 0 Å². The number of carbonyl (C=O) groups excluding carboxylic acids is 1. The molecule has 1 aromatic rings. The molecule has 0 fully saturated rings. The normalized spacial score (nSPS) is 12.6. The molecule has 0 saturated heterocycles. The highest BCUT2D eigenvalue weighted by Gasteiger charge is 2.06. The summed E-state index contributed by atoms with van der Waals surface area (Å²) in [6.45, 7) is 6.15. The van der Waals surface area contributed by atoms with Gasteiger partial charge in [-0.15, -0.1) is 0 Å². The number of hydrogen-bond acceptors (Lipinski definition) is 2. The van der Waals surface area contributed by atoms with Gasteiger partial charge in [-0.25, -0.2) is 0 Å². The van der Waals surface area contributed by atoms with E-state index in [1.54, 1.807) is 6.92 Å². The van der Waals surface area contributed by atoms with E-state index in [0.29, 0.717) is 11.5 Å². The summed E-state index contributed by atoms with van der Waals surface area (Å²) in [4.78, 5) is 11.6. The van der Waals surface area contributed by atoms with Crippen LogP contribution in [-0.4, -0.2) is 23.7 Å². The molecular formula is C13H19NO2. The monoisotopic (exact) mass is 221 g/mol. The average Bonchev–Trinajstić information content (AvgIpc) is 2.26. The van der Waals surface area contributed by atoms with E-state index < -0.39 is 6.10 Å². The summed E-state index contributed by atoms with van der Waals surface area (Å²) in [7, 11) is 0. The van der Waals surface area contributed by atoms with Crippen molar-refractivity contribution in [3.05, 3.63) is 35.4 Å². The first-order valence-corrected chi connectivity index (χ1v) is 5.57. The van der Waals surface area contributed by atoms with Crippen LogP contribution in [0.1, 0.15) is 42.6 Å². The van der Waals surface area contributed by atoms with Crippen molar-refractivity contribution in [1.82, 2.24) is 5.32 Å². The van der Waals surface area contributed by atoms with Crippen molar-refractivity contribution >= 4 is 5.91 Å². The first kappa shape index (κ1) is 12.7. The number of aliphatic hydroxyl groups is 1. The van der Waals surface area contributed by atoms with Gasteiger partial charge in [-0.05, 0) is 30.5 Å². The number of rotatable bonds is 4. The van der Waals surface area contributed by atoms with Gasteiger partial charge in [-0.1, -0.05) is 26.0 Å². The second-order valence-corrected chi connectivity index (χ2v) is 4.34. The molecule has 88 valence electrons. The summed E-state index contributed by atoms with van der Waals surface area (Å²) in [6.07, 6.45) is -0.515. The Labute approximate surface area is 96.5 Å². The molecule has 3 heteroatoms. The van der Waals surface area contributed by atoms with Crippen LogP contribution in [0.15, 0.2) is 24.3 Å². The molecule has 16 heavy (non-hydrogen) atoms. The molecule has 0 spiro atoms. The smallest absolute Gasteiger partial charge is 0.251 e. The molecule has 1 atom stereocenters. The van der Waals surface area contributed by atoms with Crippen LogP contribution < -0.4 is 5.32 Å². The van der Waals surface area contributed by atoms with E-state index in [1.165, 1.54) is 5.56 Å². The molecule has 1 amide bonds. The van der Waals surface area contributed by atoms with Gasteiger partial charge in [0.1, 0.15) is 0 Å². The fraction of sp³-hybridized carbons (Fsp3) is 0.462. The van der Waals surface area contributed by atoms with Crippen LogP contribution in [0, 0.1) is 0 Å². The second-order valence-electron chi connectivity index (χ2n) is 4.34. The van der Waals surface area contributed by atoms with E-state index in [2.05, 4.69) is 19.2 Å². The van der Waals surface area contributed by atoms with Crippen molar-refractivity contribution in [2.24, 2.45) is 0 Å². The molecule has 2 N–H and O–H groups in total. The van der Waals surface area contributed by atoms with Crippen molar-refractivity contribution in [2.75, 3.05) is 6.54 Å². The second kappa shape index (κ2) is 5.66. The number of aliphatic hydroxyl groups excluding tert-OH is 1. The van der Waals surface area contributed by atoms with Crippen LogP contribution in [0.25, 0.3) is 0 Å². The van der Waals surface area contributed by atoms with Crippen LogP contribution >= 0.6 is 0 Å². The number of benzene rings is 1. The zero-order valence-electron chi connectivity index (χ0n) is 10.0. The minimum absolute atomic E-state index is 0.142. The molecule has 1 aromatic carbocycles. The Kier molecular flexibility index (Phi) is 4.50. The summed E-state index contributed by atoms with van der Waals surface area (Å²) < 4.78 is 0. The predicted molar refractivity (Wildman–Crippen MR) is 64.5 cm³/mol. The summed E-state index contributed by atoms with van der Waals surface area (Å²) in [6, 6.07) is 7.54. The molecular weight excluding hydrogens is 202 g/mol. The molecule has 0 heterocycles. The quantitative estimate of drug-likeness (QED) is 0.816. The molecule has 0 saturated carbocycles. The van der Waals surface area contributed by atoms with Gasteiger partial charge in [-0.2, -0.15) is 0 Å². The van der Waals surface area contributed by atoms with Gasteiger partial charge in [0, 0.05) is 12.1 Å². The lowest BCUT2D eigenvalue weighted by molar-refractivity contribution is 0.0924. The Balaban J connectivity index is 2.63. The summed E-state index contributed by atoms with van der Waals surface area (Å²) >= 11 is 0. The van der Waals surface area contributed by atoms with Gasteiger partial charge in [0.15, 0.2) is 0 Å². The van der Waals surface area contributed by atoms with Crippen LogP contribution in [0.4, 0.5) is 0 Å². The Morgan fingerprint density at radius 2 is 1.81 bits per heavy atom. The highest BCUT2D eigenvalue weighted by molar-refractivity contribution is 5.94. The minimum atomic E-state index is -0.515. The van der Waals surface area contributed by atoms with E-state index >= 15 is 0 Å². The third kappa shape index (κ3) is 3.66. The van der Waals surface area contributed by atoms with Crippen molar-refractivity contribution < 1.29 is 9.90 Å². The summed E-state index contributed by atoms with van der Waals surface area (Å²) in [5.41, 5.74) is 1.84. The van der Waals surface area contributed by atoms with Gasteiger partial charge in [0.05, 0.1) is 6.10 Å². The standard InChI is InChI=1S/C13H19NO2/c1-9(2)11-4-6-12(7-5-11)13(16)14-8-10(3)15/h4-7,9-10,15H,8H2,1-3H3,(H,14,16)/t10-/m0/s1. The summed E-state index contributed by atoms with van der Waals surface area (Å²) in [5.74, 6) is 0.325. The van der Waals surface area contributed by atoms with Gasteiger partial charge < -0.3 is 10.4 Å². The minimum Gasteiger partial charge on any atom is -0.392 e. The fourth-order valence-corrected chi connectivity index (χ4v) is 1.36. The Hall–Kier alpha value is -1.35. The van der Waals surface area contributed by atoms with E-state index in [4.69, 9.17) is 5.11 Å². The zero-order valence-corrected chi connectivity index (χ0v) is 10.0. The van der Waals surface area contributed by atoms with Crippen LogP contribution in [0.5, 0.6) is 0 Å². The van der Waals surface area contributed by atoms with Crippen molar-refractivity contribution in [1.29, 1.82) is 0 Å². The highest BCUT2D eigenvalue weighted by atomic mass is 16.3. The maximum atomic E-state index is 11.6. The van der Waals surface area contributed by atoms with Gasteiger partial charge in [0.2, 0.25) is 0 Å². The lowest BCUT2D eigenvalue weighted by Crippen LogP contribution is -2.30. The Bertz CT molecular complexity index is 341. The first-order valence-electron chi connectivity index (χ1n) is 5.57. The van der Waals surface area contributed by atoms with E-state index in [1.807, 2.05) is 24.3 Å². The fourth-order valence-electron chi connectivity index (χ4n) is 1.36. The first-order chi connectivity index (χ1) is 7.50. The predicted octanol–water partition coefficient (Wildman–Crippen LogP) is 1.92. The van der Waals surface area contributed by atoms with Gasteiger partial charge in [0.25, 0.3) is 5.91 Å². The average molecular weight is 221 g/mol. The third-order valence-electron chi connectivity index (χ3n) is 2.40. The molecule has 0 aliphatic rings. The van der Waals surface area contributed by atoms with Crippen molar-refractivity contribution in [3.8, 4) is 0 Å². The third-order valence-corrected chi connectivity index (χ3v) is 2.40. The molecule has 1 rings (SSSR count). The SMILES string of the molecule is CC(C)c1ccc(C(=O)NC[C@H](C)O)cc1. The van der Waals surface area contributed by atoms with E-state index in [-0.39, 0.29) is 12.5 Å². The number of hydrogen-bond donors (Lipinski definition) is 2. The zero-order chi connectivity index (χ0) is 12.1. The van der Waals surface area contributed by atoms with Gasteiger partial charge >= 0.3 is 0 Å². The molecule has 0 unspecified atom stereocenters. The molecule has 0 bridgehead atoms. The van der Waals surface area contributed by atoms with Crippen molar-refractivity contribution in [2.45, 2.75) is 32.8 Å². The molecule has 3 nitrogen and oxygen atoms in total. The van der Waals surface area contributed by atoms with Gasteiger partial charge in [-0.3, -0.25) is 4.79 Å². The molecule has 0 radical (unpaired) electrons.